The molecule has 0 aliphatic carbocycles. The minimum Gasteiger partial charge on any atom is -0.543 e. The number of pyridine rings is 1. The summed E-state index contributed by atoms with van der Waals surface area (Å²) in [5, 5.41) is 0. The highest BCUT2D eigenvalue weighted by Gasteiger charge is 2.18. The van der Waals surface area contributed by atoms with Crippen molar-refractivity contribution < 1.29 is 4.43 Å². The fourth-order valence-corrected chi connectivity index (χ4v) is 2.90. The Balaban J connectivity index is 2.39. The maximum Gasteiger partial charge on any atom is 0.242 e. The first-order chi connectivity index (χ1) is 9.87. The van der Waals surface area contributed by atoms with Crippen molar-refractivity contribution in [1.29, 1.82) is 0 Å². The SMILES string of the molecule is CC(=Nc1ccccc1O[Si](C)(C)C)c1ncccc1C. The molecule has 0 aliphatic heterocycles. The second-order valence-corrected chi connectivity index (χ2v) is 10.5. The monoisotopic (exact) mass is 298 g/mol. The molecule has 4 heteroatoms. The van der Waals surface area contributed by atoms with E-state index in [1.807, 2.05) is 50.2 Å². The van der Waals surface area contributed by atoms with E-state index in [1.54, 1.807) is 6.20 Å². The van der Waals surface area contributed by atoms with Crippen LogP contribution in [0.15, 0.2) is 47.6 Å². The molecular weight excluding hydrogens is 276 g/mol. The number of hydrogen-bond acceptors (Lipinski definition) is 3. The molecule has 1 heterocycles. The van der Waals surface area contributed by atoms with E-state index in [0.717, 1.165) is 28.4 Å². The van der Waals surface area contributed by atoms with Gasteiger partial charge in [0.25, 0.3) is 0 Å². The zero-order valence-corrected chi connectivity index (χ0v) is 14.3. The Morgan fingerprint density at radius 1 is 1.10 bits per heavy atom. The van der Waals surface area contributed by atoms with Gasteiger partial charge in [0.2, 0.25) is 8.32 Å². The van der Waals surface area contributed by atoms with E-state index in [9.17, 15) is 0 Å². The van der Waals surface area contributed by atoms with Crippen LogP contribution in [0.4, 0.5) is 5.69 Å². The maximum absolute atomic E-state index is 6.11. The van der Waals surface area contributed by atoms with Crippen molar-refractivity contribution in [3.63, 3.8) is 0 Å². The molecule has 1 aromatic heterocycles. The highest BCUT2D eigenvalue weighted by Crippen LogP contribution is 2.30. The summed E-state index contributed by atoms with van der Waals surface area (Å²) in [6, 6.07) is 11.9. The van der Waals surface area contributed by atoms with E-state index in [2.05, 4.69) is 24.6 Å². The summed E-state index contributed by atoms with van der Waals surface area (Å²) in [5.74, 6) is 0.851. The summed E-state index contributed by atoms with van der Waals surface area (Å²) in [6.07, 6.45) is 1.80. The molecule has 0 bridgehead atoms. The Labute approximate surface area is 127 Å². The van der Waals surface area contributed by atoms with Gasteiger partial charge in [-0.05, 0) is 57.3 Å². The molecule has 0 unspecified atom stereocenters. The van der Waals surface area contributed by atoms with Crippen molar-refractivity contribution >= 4 is 19.7 Å². The predicted molar refractivity (Wildman–Crippen MR) is 91.3 cm³/mol. The van der Waals surface area contributed by atoms with Gasteiger partial charge in [0.15, 0.2) is 0 Å². The van der Waals surface area contributed by atoms with Gasteiger partial charge in [-0.2, -0.15) is 0 Å². The molecule has 0 spiro atoms. The molecule has 2 aromatic rings. The number of rotatable bonds is 4. The number of aromatic nitrogens is 1. The molecule has 110 valence electrons. The van der Waals surface area contributed by atoms with Crippen LogP contribution < -0.4 is 4.43 Å². The third-order valence-corrected chi connectivity index (χ3v) is 3.75. The van der Waals surface area contributed by atoms with Gasteiger partial charge in [0.05, 0.1) is 11.4 Å². The number of nitrogens with zero attached hydrogens (tertiary/aromatic N) is 2. The smallest absolute Gasteiger partial charge is 0.242 e. The highest BCUT2D eigenvalue weighted by molar-refractivity contribution is 6.70. The van der Waals surface area contributed by atoms with E-state index in [1.165, 1.54) is 0 Å². The molecule has 0 saturated carbocycles. The molecule has 2 rings (SSSR count). The lowest BCUT2D eigenvalue weighted by Gasteiger charge is -2.20. The van der Waals surface area contributed by atoms with Crippen LogP contribution in [0, 0.1) is 6.92 Å². The molecule has 0 amide bonds. The molecule has 0 radical (unpaired) electrons. The molecule has 21 heavy (non-hydrogen) atoms. The second kappa shape index (κ2) is 6.22. The summed E-state index contributed by atoms with van der Waals surface area (Å²) in [6.45, 7) is 10.5. The topological polar surface area (TPSA) is 34.5 Å². The van der Waals surface area contributed by atoms with Crippen LogP contribution in [-0.2, 0) is 0 Å². The zero-order chi connectivity index (χ0) is 15.5. The van der Waals surface area contributed by atoms with Gasteiger partial charge in [0, 0.05) is 6.20 Å². The Morgan fingerprint density at radius 3 is 2.48 bits per heavy atom. The summed E-state index contributed by atoms with van der Waals surface area (Å²) in [4.78, 5) is 9.14. The number of benzene rings is 1. The van der Waals surface area contributed by atoms with Gasteiger partial charge in [-0.25, -0.2) is 4.99 Å². The van der Waals surface area contributed by atoms with Crippen molar-refractivity contribution in [2.45, 2.75) is 33.5 Å². The molecule has 0 aliphatic rings. The van der Waals surface area contributed by atoms with E-state index < -0.39 is 8.32 Å². The molecule has 0 fully saturated rings. The van der Waals surface area contributed by atoms with Crippen LogP contribution in [0.1, 0.15) is 18.2 Å². The van der Waals surface area contributed by atoms with Crippen molar-refractivity contribution in [3.05, 3.63) is 53.9 Å². The van der Waals surface area contributed by atoms with Gasteiger partial charge >= 0.3 is 0 Å². The molecular formula is C17H22N2OSi. The lowest BCUT2D eigenvalue weighted by Crippen LogP contribution is -2.29. The lowest BCUT2D eigenvalue weighted by atomic mass is 10.1. The largest absolute Gasteiger partial charge is 0.543 e. The van der Waals surface area contributed by atoms with Crippen LogP contribution in [0.3, 0.4) is 0 Å². The maximum atomic E-state index is 6.11. The highest BCUT2D eigenvalue weighted by atomic mass is 28.4. The minimum atomic E-state index is -1.66. The van der Waals surface area contributed by atoms with Crippen molar-refractivity contribution in [2.75, 3.05) is 0 Å². The van der Waals surface area contributed by atoms with Crippen molar-refractivity contribution in [2.24, 2.45) is 4.99 Å². The zero-order valence-electron chi connectivity index (χ0n) is 13.3. The molecule has 3 nitrogen and oxygen atoms in total. The van der Waals surface area contributed by atoms with E-state index in [-0.39, 0.29) is 0 Å². The Morgan fingerprint density at radius 2 is 1.81 bits per heavy atom. The summed E-state index contributed by atoms with van der Waals surface area (Å²) in [5.41, 5.74) is 3.82. The first kappa shape index (κ1) is 15.4. The third-order valence-electron chi connectivity index (χ3n) is 2.92. The van der Waals surface area contributed by atoms with Gasteiger partial charge in [-0.3, -0.25) is 4.98 Å². The molecule has 1 aromatic carbocycles. The van der Waals surface area contributed by atoms with Crippen LogP contribution >= 0.6 is 0 Å². The number of para-hydroxylation sites is 2. The number of aryl methyl sites for hydroxylation is 1. The van der Waals surface area contributed by atoms with Crippen LogP contribution in [0.5, 0.6) is 5.75 Å². The van der Waals surface area contributed by atoms with Gasteiger partial charge in [-0.15, -0.1) is 0 Å². The first-order valence-corrected chi connectivity index (χ1v) is 10.5. The normalized spacial score (nSPS) is 12.3. The van der Waals surface area contributed by atoms with Crippen LogP contribution in [0.25, 0.3) is 0 Å². The first-order valence-electron chi connectivity index (χ1n) is 7.12. The Bertz CT molecular complexity index is 660. The fraction of sp³-hybridized carbons (Fsp3) is 0.294. The Kier molecular flexibility index (Phi) is 4.58. The summed E-state index contributed by atoms with van der Waals surface area (Å²) >= 11 is 0. The quantitative estimate of drug-likeness (QED) is 0.603. The molecule has 0 N–H and O–H groups in total. The van der Waals surface area contributed by atoms with Crippen LogP contribution in [0.2, 0.25) is 19.6 Å². The average Bonchev–Trinajstić information content (AvgIpc) is 2.40. The number of aliphatic imine (C=N–C) groups is 1. The van der Waals surface area contributed by atoms with Crippen molar-refractivity contribution in [1.82, 2.24) is 4.98 Å². The molecule has 0 saturated heterocycles. The summed E-state index contributed by atoms with van der Waals surface area (Å²) < 4.78 is 6.11. The third kappa shape index (κ3) is 4.26. The second-order valence-electron chi connectivity index (χ2n) is 6.05. The number of hydrogen-bond donors (Lipinski definition) is 0. The minimum absolute atomic E-state index is 0.851. The van der Waals surface area contributed by atoms with E-state index in [0.29, 0.717) is 0 Å². The summed E-state index contributed by atoms with van der Waals surface area (Å²) in [7, 11) is -1.66. The fourth-order valence-electron chi connectivity index (χ4n) is 2.06. The Hall–Kier alpha value is -1.94. The van der Waals surface area contributed by atoms with Gasteiger partial charge in [0.1, 0.15) is 11.4 Å². The molecule has 0 atom stereocenters. The van der Waals surface area contributed by atoms with Gasteiger partial charge in [-0.1, -0.05) is 18.2 Å². The average molecular weight is 298 g/mol. The van der Waals surface area contributed by atoms with E-state index >= 15 is 0 Å². The standard InChI is InChI=1S/C17H22N2OSi/c1-13-9-8-12-18-17(13)14(2)19-15-10-6-7-11-16(15)20-21(3,4)5/h6-12H,1-5H3. The van der Waals surface area contributed by atoms with Crippen LogP contribution in [-0.4, -0.2) is 19.0 Å². The van der Waals surface area contributed by atoms with E-state index in [4.69, 9.17) is 9.42 Å². The van der Waals surface area contributed by atoms with Gasteiger partial charge < -0.3 is 4.43 Å². The van der Waals surface area contributed by atoms with Crippen molar-refractivity contribution in [3.8, 4) is 5.75 Å². The predicted octanol–water partition coefficient (Wildman–Crippen LogP) is 4.74. The lowest BCUT2D eigenvalue weighted by molar-refractivity contribution is 0.559.